The lowest BCUT2D eigenvalue weighted by molar-refractivity contribution is -0.117. The fourth-order valence-corrected chi connectivity index (χ4v) is 3.41. The van der Waals surface area contributed by atoms with E-state index in [4.69, 9.17) is 16.1 Å². The third kappa shape index (κ3) is 2.97. The summed E-state index contributed by atoms with van der Waals surface area (Å²) >= 11 is 5.99. The summed E-state index contributed by atoms with van der Waals surface area (Å²) in [6.45, 7) is 2.35. The van der Waals surface area contributed by atoms with Crippen LogP contribution >= 0.6 is 11.6 Å². The van der Waals surface area contributed by atoms with Crippen LogP contribution in [0.15, 0.2) is 47.0 Å². The van der Waals surface area contributed by atoms with Gasteiger partial charge in [-0.1, -0.05) is 28.9 Å². The second kappa shape index (κ2) is 6.53. The molecule has 0 bridgehead atoms. The van der Waals surface area contributed by atoms with Crippen LogP contribution in [0.4, 0.5) is 10.1 Å². The first-order chi connectivity index (χ1) is 12.5. The minimum absolute atomic E-state index is 0.0161. The number of carbonyl (C=O) groups is 1. The number of anilines is 1. The number of benzene rings is 2. The van der Waals surface area contributed by atoms with E-state index in [1.807, 2.05) is 19.1 Å². The van der Waals surface area contributed by atoms with Gasteiger partial charge in [0.1, 0.15) is 5.82 Å². The fraction of sp³-hybridized carbons (Fsp3) is 0.211. The van der Waals surface area contributed by atoms with Gasteiger partial charge in [-0.2, -0.15) is 4.98 Å². The Morgan fingerprint density at radius 2 is 2.08 bits per heavy atom. The van der Waals surface area contributed by atoms with Crippen LogP contribution in [0.1, 0.15) is 23.7 Å². The fourth-order valence-electron chi connectivity index (χ4n) is 3.18. The van der Waals surface area contributed by atoms with Crippen molar-refractivity contribution < 1.29 is 13.7 Å². The van der Waals surface area contributed by atoms with Gasteiger partial charge in [0.15, 0.2) is 5.82 Å². The van der Waals surface area contributed by atoms with Crippen LogP contribution in [0.25, 0.3) is 11.5 Å². The Bertz CT molecular complexity index is 988. The molecule has 1 aromatic heterocycles. The lowest BCUT2D eigenvalue weighted by Gasteiger charge is -2.18. The summed E-state index contributed by atoms with van der Waals surface area (Å²) in [5.74, 6) is -0.125. The first-order valence-corrected chi connectivity index (χ1v) is 8.56. The van der Waals surface area contributed by atoms with Crippen molar-refractivity contribution in [3.63, 3.8) is 0 Å². The van der Waals surface area contributed by atoms with E-state index in [0.717, 1.165) is 11.3 Å². The molecule has 132 valence electrons. The highest BCUT2D eigenvalue weighted by Gasteiger charge is 2.35. The molecule has 0 radical (unpaired) electrons. The minimum Gasteiger partial charge on any atom is -0.334 e. The first kappa shape index (κ1) is 16.7. The van der Waals surface area contributed by atoms with E-state index in [1.54, 1.807) is 29.2 Å². The number of nitrogens with zero attached hydrogens (tertiary/aromatic N) is 3. The molecular weight excluding hydrogens is 357 g/mol. The Kier molecular flexibility index (Phi) is 4.20. The largest absolute Gasteiger partial charge is 0.334 e. The number of hydrogen-bond acceptors (Lipinski definition) is 4. The number of rotatable bonds is 3. The zero-order valence-electron chi connectivity index (χ0n) is 13.9. The Labute approximate surface area is 154 Å². The molecule has 26 heavy (non-hydrogen) atoms. The van der Waals surface area contributed by atoms with E-state index in [0.29, 0.717) is 17.4 Å². The van der Waals surface area contributed by atoms with E-state index in [1.165, 1.54) is 6.07 Å². The molecule has 0 saturated carbocycles. The SMILES string of the molecule is Cc1cc(Cl)ccc1N1CC(c2noc(-c3ccccc3F)n2)CC1=O. The van der Waals surface area contributed by atoms with Gasteiger partial charge in [-0.3, -0.25) is 4.79 Å². The van der Waals surface area contributed by atoms with Gasteiger partial charge in [-0.15, -0.1) is 0 Å². The van der Waals surface area contributed by atoms with Crippen molar-refractivity contribution in [1.82, 2.24) is 10.1 Å². The lowest BCUT2D eigenvalue weighted by atomic mass is 10.1. The van der Waals surface area contributed by atoms with Crippen LogP contribution in [0.3, 0.4) is 0 Å². The molecule has 1 aliphatic heterocycles. The number of aryl methyl sites for hydroxylation is 1. The van der Waals surface area contributed by atoms with Crippen LogP contribution in [0.5, 0.6) is 0 Å². The maximum absolute atomic E-state index is 13.9. The van der Waals surface area contributed by atoms with Crippen LogP contribution < -0.4 is 4.90 Å². The molecule has 0 N–H and O–H groups in total. The molecule has 1 atom stereocenters. The summed E-state index contributed by atoms with van der Waals surface area (Å²) in [7, 11) is 0. The van der Waals surface area contributed by atoms with Crippen molar-refractivity contribution >= 4 is 23.2 Å². The van der Waals surface area contributed by atoms with Crippen LogP contribution in [0, 0.1) is 12.7 Å². The monoisotopic (exact) mass is 371 g/mol. The molecule has 1 fully saturated rings. The Morgan fingerprint density at radius 3 is 2.85 bits per heavy atom. The maximum atomic E-state index is 13.9. The normalized spacial score (nSPS) is 17.1. The van der Waals surface area contributed by atoms with Gasteiger partial charge in [0.25, 0.3) is 5.89 Å². The lowest BCUT2D eigenvalue weighted by Crippen LogP contribution is -2.25. The molecule has 1 aliphatic rings. The third-order valence-electron chi connectivity index (χ3n) is 4.49. The van der Waals surface area contributed by atoms with Crippen molar-refractivity contribution in [2.75, 3.05) is 11.4 Å². The Hall–Kier alpha value is -2.73. The number of carbonyl (C=O) groups excluding carboxylic acids is 1. The summed E-state index contributed by atoms with van der Waals surface area (Å²) in [6, 6.07) is 11.6. The minimum atomic E-state index is -0.427. The smallest absolute Gasteiger partial charge is 0.260 e. The molecule has 0 aliphatic carbocycles. The molecular formula is C19H15ClFN3O2. The average molecular weight is 372 g/mol. The molecule has 2 aromatic carbocycles. The molecule has 5 nitrogen and oxygen atoms in total. The molecule has 4 rings (SSSR count). The summed E-state index contributed by atoms with van der Waals surface area (Å²) in [5.41, 5.74) is 1.99. The van der Waals surface area contributed by atoms with E-state index in [2.05, 4.69) is 10.1 Å². The molecule has 7 heteroatoms. The molecule has 3 aromatic rings. The van der Waals surface area contributed by atoms with Crippen LogP contribution in [0.2, 0.25) is 5.02 Å². The molecule has 1 unspecified atom stereocenters. The van der Waals surface area contributed by atoms with Crippen molar-refractivity contribution in [1.29, 1.82) is 0 Å². The number of amides is 1. The highest BCUT2D eigenvalue weighted by molar-refractivity contribution is 6.30. The molecule has 1 saturated heterocycles. The number of aromatic nitrogens is 2. The zero-order chi connectivity index (χ0) is 18.3. The molecule has 0 spiro atoms. The summed E-state index contributed by atoms with van der Waals surface area (Å²) < 4.78 is 19.1. The first-order valence-electron chi connectivity index (χ1n) is 8.18. The third-order valence-corrected chi connectivity index (χ3v) is 4.72. The van der Waals surface area contributed by atoms with E-state index in [-0.39, 0.29) is 29.7 Å². The standard InChI is InChI=1S/C19H15ClFN3O2/c1-11-8-13(20)6-7-16(11)24-10-12(9-17(24)25)18-22-19(26-23-18)14-4-2-3-5-15(14)21/h2-8,12H,9-10H2,1H3. The van der Waals surface area contributed by atoms with Crippen molar-refractivity contribution in [2.45, 2.75) is 19.3 Å². The van der Waals surface area contributed by atoms with Crippen molar-refractivity contribution in [3.8, 4) is 11.5 Å². The van der Waals surface area contributed by atoms with Crippen molar-refractivity contribution in [3.05, 3.63) is 64.7 Å². The van der Waals surface area contributed by atoms with Gasteiger partial charge in [0, 0.05) is 29.6 Å². The molecule has 1 amide bonds. The highest BCUT2D eigenvalue weighted by Crippen LogP contribution is 2.34. The summed E-state index contributed by atoms with van der Waals surface area (Å²) in [5, 5.41) is 4.59. The zero-order valence-corrected chi connectivity index (χ0v) is 14.7. The summed E-state index contributed by atoms with van der Waals surface area (Å²) in [4.78, 5) is 18.5. The Balaban J connectivity index is 1.59. The molecule has 2 heterocycles. The quantitative estimate of drug-likeness (QED) is 0.686. The van der Waals surface area contributed by atoms with Gasteiger partial charge < -0.3 is 9.42 Å². The Morgan fingerprint density at radius 1 is 1.27 bits per heavy atom. The van der Waals surface area contributed by atoms with Gasteiger partial charge in [0.05, 0.1) is 5.56 Å². The highest BCUT2D eigenvalue weighted by atomic mass is 35.5. The number of hydrogen-bond donors (Lipinski definition) is 0. The van der Waals surface area contributed by atoms with E-state index >= 15 is 0 Å². The maximum Gasteiger partial charge on any atom is 0.260 e. The topological polar surface area (TPSA) is 59.2 Å². The van der Waals surface area contributed by atoms with Gasteiger partial charge in [0.2, 0.25) is 5.91 Å². The predicted octanol–water partition coefficient (Wildman–Crippen LogP) is 4.36. The van der Waals surface area contributed by atoms with Crippen LogP contribution in [-0.4, -0.2) is 22.6 Å². The average Bonchev–Trinajstić information content (AvgIpc) is 3.22. The number of halogens is 2. The second-order valence-corrected chi connectivity index (χ2v) is 6.71. The van der Waals surface area contributed by atoms with Crippen LogP contribution in [-0.2, 0) is 4.79 Å². The van der Waals surface area contributed by atoms with E-state index < -0.39 is 5.82 Å². The van der Waals surface area contributed by atoms with Crippen molar-refractivity contribution in [2.24, 2.45) is 0 Å². The second-order valence-electron chi connectivity index (χ2n) is 6.27. The van der Waals surface area contributed by atoms with Gasteiger partial charge in [-0.25, -0.2) is 4.39 Å². The van der Waals surface area contributed by atoms with E-state index in [9.17, 15) is 9.18 Å². The predicted molar refractivity (Wildman–Crippen MR) is 95.6 cm³/mol. The van der Waals surface area contributed by atoms with Gasteiger partial charge in [-0.05, 0) is 42.8 Å². The van der Waals surface area contributed by atoms with Gasteiger partial charge >= 0.3 is 0 Å². The summed E-state index contributed by atoms with van der Waals surface area (Å²) in [6.07, 6.45) is 0.276.